The van der Waals surface area contributed by atoms with Crippen LogP contribution in [0.3, 0.4) is 0 Å². The molecule has 0 bridgehead atoms. The summed E-state index contributed by atoms with van der Waals surface area (Å²) < 4.78 is 12.0. The van der Waals surface area contributed by atoms with Crippen LogP contribution in [0.25, 0.3) is 0 Å². The lowest BCUT2D eigenvalue weighted by Crippen LogP contribution is -2.20. The fourth-order valence-electron chi connectivity index (χ4n) is 1.91. The molecule has 2 N–H and O–H groups in total. The smallest absolute Gasteiger partial charge is 0.335 e. The number of hydrogen-bond acceptors (Lipinski definition) is 3. The Morgan fingerprint density at radius 3 is 2.48 bits per heavy atom. The molecular formula is C16H14ClNO4S. The second-order valence-corrected chi connectivity index (χ2v) is 6.68. The van der Waals surface area contributed by atoms with Crippen molar-refractivity contribution < 1.29 is 18.9 Å². The molecule has 1 amide bonds. The quantitative estimate of drug-likeness (QED) is 0.838. The number of rotatable bonds is 6. The van der Waals surface area contributed by atoms with Gasteiger partial charge in [0.25, 0.3) is 0 Å². The lowest BCUT2D eigenvalue weighted by molar-refractivity contribution is -0.113. The summed E-state index contributed by atoms with van der Waals surface area (Å²) in [6.45, 7) is 0. The number of carbonyl (C=O) groups excluding carboxylic acids is 1. The lowest BCUT2D eigenvalue weighted by atomic mass is 10.1. The van der Waals surface area contributed by atoms with Crippen LogP contribution in [0.4, 0.5) is 5.69 Å². The summed E-state index contributed by atoms with van der Waals surface area (Å²) in [6, 6.07) is 12.8. The van der Waals surface area contributed by atoms with Crippen molar-refractivity contribution >= 4 is 40.0 Å². The van der Waals surface area contributed by atoms with E-state index in [1.165, 1.54) is 12.1 Å². The molecule has 0 saturated carbocycles. The Morgan fingerprint density at radius 1 is 1.13 bits per heavy atom. The van der Waals surface area contributed by atoms with Crippen molar-refractivity contribution in [1.82, 2.24) is 0 Å². The number of hydrogen-bond donors (Lipinski definition) is 2. The van der Waals surface area contributed by atoms with E-state index in [2.05, 4.69) is 5.32 Å². The van der Waals surface area contributed by atoms with Crippen LogP contribution in [0.5, 0.6) is 0 Å². The number of halogens is 1. The zero-order chi connectivity index (χ0) is 16.8. The minimum atomic E-state index is -1.43. The third-order valence-electron chi connectivity index (χ3n) is 2.92. The number of nitrogens with one attached hydrogen (secondary N) is 1. The molecule has 0 aliphatic carbocycles. The summed E-state index contributed by atoms with van der Waals surface area (Å²) >= 11 is 5.75. The molecule has 2 rings (SSSR count). The molecule has 23 heavy (non-hydrogen) atoms. The molecule has 7 heteroatoms. The fraction of sp³-hybridized carbons (Fsp3) is 0.125. The molecule has 0 aliphatic rings. The van der Waals surface area contributed by atoms with E-state index in [1.807, 2.05) is 0 Å². The van der Waals surface area contributed by atoms with Crippen molar-refractivity contribution in [2.24, 2.45) is 0 Å². The number of carboxylic acids is 1. The average molecular weight is 352 g/mol. The van der Waals surface area contributed by atoms with Crippen LogP contribution in [-0.2, 0) is 21.3 Å². The Kier molecular flexibility index (Phi) is 5.90. The highest BCUT2D eigenvalue weighted by molar-refractivity contribution is 7.84. The average Bonchev–Trinajstić information content (AvgIpc) is 2.49. The summed E-state index contributed by atoms with van der Waals surface area (Å²) in [5.74, 6) is -1.46. The van der Waals surface area contributed by atoms with Gasteiger partial charge in [0, 0.05) is 27.3 Å². The number of benzene rings is 2. The Morgan fingerprint density at radius 2 is 1.83 bits per heavy atom. The van der Waals surface area contributed by atoms with Gasteiger partial charge in [-0.05, 0) is 42.0 Å². The van der Waals surface area contributed by atoms with Gasteiger partial charge in [0.15, 0.2) is 0 Å². The van der Waals surface area contributed by atoms with Crippen LogP contribution in [0.1, 0.15) is 15.9 Å². The van der Waals surface area contributed by atoms with Crippen molar-refractivity contribution in [3.05, 3.63) is 64.7 Å². The molecule has 0 saturated heterocycles. The molecule has 2 aromatic rings. The van der Waals surface area contributed by atoms with Crippen molar-refractivity contribution in [1.29, 1.82) is 0 Å². The Bertz CT molecular complexity index is 746. The van der Waals surface area contributed by atoms with Crippen LogP contribution in [0.15, 0.2) is 48.5 Å². The van der Waals surface area contributed by atoms with Gasteiger partial charge in [-0.25, -0.2) is 4.79 Å². The first-order valence-electron chi connectivity index (χ1n) is 6.66. The van der Waals surface area contributed by atoms with Crippen molar-refractivity contribution in [2.75, 3.05) is 11.1 Å². The van der Waals surface area contributed by atoms with Gasteiger partial charge in [-0.3, -0.25) is 9.00 Å². The summed E-state index contributed by atoms with van der Waals surface area (Å²) in [5.41, 5.74) is 1.32. The predicted molar refractivity (Wildman–Crippen MR) is 90.2 cm³/mol. The fourth-order valence-corrected chi connectivity index (χ4v) is 3.05. The van der Waals surface area contributed by atoms with E-state index >= 15 is 0 Å². The number of anilines is 1. The van der Waals surface area contributed by atoms with E-state index in [4.69, 9.17) is 16.7 Å². The van der Waals surface area contributed by atoms with Crippen molar-refractivity contribution in [3.63, 3.8) is 0 Å². The van der Waals surface area contributed by atoms with Gasteiger partial charge in [0.1, 0.15) is 5.75 Å². The summed E-state index contributed by atoms with van der Waals surface area (Å²) in [4.78, 5) is 22.7. The zero-order valence-corrected chi connectivity index (χ0v) is 13.6. The first-order valence-corrected chi connectivity index (χ1v) is 8.53. The van der Waals surface area contributed by atoms with E-state index in [9.17, 15) is 13.8 Å². The van der Waals surface area contributed by atoms with E-state index in [-0.39, 0.29) is 23.0 Å². The van der Waals surface area contributed by atoms with E-state index in [0.29, 0.717) is 16.3 Å². The summed E-state index contributed by atoms with van der Waals surface area (Å²) in [5, 5.41) is 12.1. The first-order chi connectivity index (χ1) is 10.9. The molecule has 0 radical (unpaired) electrons. The van der Waals surface area contributed by atoms with Gasteiger partial charge < -0.3 is 10.4 Å². The molecule has 0 heterocycles. The van der Waals surface area contributed by atoms with Gasteiger partial charge in [0.05, 0.1) is 5.56 Å². The highest BCUT2D eigenvalue weighted by Crippen LogP contribution is 2.13. The SMILES string of the molecule is O=C(CS(=O)Cc1cccc(C(=O)O)c1)Nc1ccc(Cl)cc1. The highest BCUT2D eigenvalue weighted by Gasteiger charge is 2.11. The van der Waals surface area contributed by atoms with E-state index in [0.717, 1.165) is 0 Å². The van der Waals surface area contributed by atoms with Crippen molar-refractivity contribution in [3.8, 4) is 0 Å². The molecule has 120 valence electrons. The van der Waals surface area contributed by atoms with Crippen LogP contribution >= 0.6 is 11.6 Å². The third kappa shape index (κ3) is 5.50. The molecule has 0 spiro atoms. The standard InChI is InChI=1S/C16H14ClNO4S/c17-13-4-6-14(7-5-13)18-15(19)10-23(22)9-11-2-1-3-12(8-11)16(20)21/h1-8H,9-10H2,(H,18,19)(H,20,21). The number of aromatic carboxylic acids is 1. The van der Waals surface area contributed by atoms with Gasteiger partial charge in [-0.15, -0.1) is 0 Å². The van der Waals surface area contributed by atoms with Crippen LogP contribution in [-0.4, -0.2) is 26.9 Å². The summed E-state index contributed by atoms with van der Waals surface area (Å²) in [6.07, 6.45) is 0. The Hall–Kier alpha value is -2.18. The maximum Gasteiger partial charge on any atom is 0.335 e. The maximum atomic E-state index is 12.0. The third-order valence-corrected chi connectivity index (χ3v) is 4.41. The molecule has 5 nitrogen and oxygen atoms in total. The molecule has 0 aliphatic heterocycles. The Labute approximate surface area is 140 Å². The minimum absolute atomic E-state index is 0.120. The number of amides is 1. The molecule has 1 unspecified atom stereocenters. The van der Waals surface area contributed by atoms with E-state index < -0.39 is 16.8 Å². The van der Waals surface area contributed by atoms with Gasteiger partial charge in [-0.2, -0.15) is 0 Å². The highest BCUT2D eigenvalue weighted by atomic mass is 35.5. The zero-order valence-electron chi connectivity index (χ0n) is 12.0. The largest absolute Gasteiger partial charge is 0.478 e. The van der Waals surface area contributed by atoms with Crippen LogP contribution in [0, 0.1) is 0 Å². The molecular weight excluding hydrogens is 338 g/mol. The predicted octanol–water partition coefficient (Wildman–Crippen LogP) is 2.93. The molecule has 0 fully saturated rings. The minimum Gasteiger partial charge on any atom is -0.478 e. The molecule has 0 aromatic heterocycles. The first kappa shape index (κ1) is 17.2. The van der Waals surface area contributed by atoms with Crippen LogP contribution in [0.2, 0.25) is 5.02 Å². The van der Waals surface area contributed by atoms with Crippen molar-refractivity contribution in [2.45, 2.75) is 5.75 Å². The lowest BCUT2D eigenvalue weighted by Gasteiger charge is -2.06. The van der Waals surface area contributed by atoms with E-state index in [1.54, 1.807) is 36.4 Å². The second kappa shape index (κ2) is 7.89. The normalized spacial score (nSPS) is 11.7. The molecule has 1 atom stereocenters. The van der Waals surface area contributed by atoms with Gasteiger partial charge in [0.2, 0.25) is 5.91 Å². The second-order valence-electron chi connectivity index (χ2n) is 4.79. The summed E-state index contributed by atoms with van der Waals surface area (Å²) in [7, 11) is -1.43. The van der Waals surface area contributed by atoms with Crippen LogP contribution < -0.4 is 5.32 Å². The number of carboxylic acid groups (broad SMARTS) is 1. The molecule has 2 aromatic carbocycles. The maximum absolute atomic E-state index is 12.0. The monoisotopic (exact) mass is 351 g/mol. The van der Waals surface area contributed by atoms with Gasteiger partial charge >= 0.3 is 5.97 Å². The Balaban J connectivity index is 1.91. The topological polar surface area (TPSA) is 83.5 Å². The van der Waals surface area contributed by atoms with Gasteiger partial charge in [-0.1, -0.05) is 23.7 Å². The number of carbonyl (C=O) groups is 2.